The van der Waals surface area contributed by atoms with Crippen LogP contribution in [0.5, 0.6) is 5.75 Å². The summed E-state index contributed by atoms with van der Waals surface area (Å²) in [6, 6.07) is 3.00. The van der Waals surface area contributed by atoms with Gasteiger partial charge in [0, 0.05) is 13.1 Å². The molecule has 3 N–H and O–H groups in total. The first kappa shape index (κ1) is 15.3. The van der Waals surface area contributed by atoms with Crippen LogP contribution in [0.4, 0.5) is 0 Å². The van der Waals surface area contributed by atoms with E-state index in [2.05, 4.69) is 5.32 Å². The second-order valence-corrected chi connectivity index (χ2v) is 6.46. The molecule has 0 saturated carbocycles. The monoisotopic (exact) mass is 314 g/mol. The summed E-state index contributed by atoms with van der Waals surface area (Å²) in [5.41, 5.74) is -0.504. The summed E-state index contributed by atoms with van der Waals surface area (Å²) in [5, 5.41) is 20.9. The number of carboxylic acids is 1. The summed E-state index contributed by atoms with van der Waals surface area (Å²) < 4.78 is 25.9. The lowest BCUT2D eigenvalue weighted by atomic mass is 10.2. The number of rotatable bonds is 3. The van der Waals surface area contributed by atoms with Gasteiger partial charge >= 0.3 is 5.97 Å². The van der Waals surface area contributed by atoms with E-state index in [4.69, 9.17) is 5.11 Å². The zero-order chi connectivity index (χ0) is 15.6. The molecule has 1 aromatic rings. The summed E-state index contributed by atoms with van der Waals surface area (Å²) >= 11 is 0. The van der Waals surface area contributed by atoms with E-state index in [0.29, 0.717) is 13.0 Å². The standard InChI is InChI=1S/C12H14N2O6S/c15-10-3-2-8(6-9(10)12(17)18)21(19,20)14-5-1-4-13-11(16)7-14/h2-3,6,15H,1,4-5,7H2,(H,13,16)(H,17,18). The average molecular weight is 314 g/mol. The third-order valence-electron chi connectivity index (χ3n) is 3.06. The second-order valence-electron chi connectivity index (χ2n) is 4.53. The third-order valence-corrected chi connectivity index (χ3v) is 4.90. The number of nitrogens with one attached hydrogen (secondary N) is 1. The summed E-state index contributed by atoms with van der Waals surface area (Å²) in [5.74, 6) is -2.36. The maximum atomic E-state index is 12.4. The van der Waals surface area contributed by atoms with E-state index >= 15 is 0 Å². The van der Waals surface area contributed by atoms with E-state index in [1.807, 2.05) is 0 Å². The predicted octanol–water partition coefficient (Wildman–Crippen LogP) is -0.399. The number of hydrogen-bond acceptors (Lipinski definition) is 5. The molecule has 1 aliphatic heterocycles. The third kappa shape index (κ3) is 3.14. The van der Waals surface area contributed by atoms with Crippen molar-refractivity contribution in [1.82, 2.24) is 9.62 Å². The zero-order valence-corrected chi connectivity index (χ0v) is 11.8. The van der Waals surface area contributed by atoms with Crippen LogP contribution in [0.1, 0.15) is 16.8 Å². The number of aromatic hydroxyl groups is 1. The molecule has 1 fully saturated rings. The van der Waals surface area contributed by atoms with E-state index < -0.39 is 33.2 Å². The molecule has 1 aromatic carbocycles. The molecule has 114 valence electrons. The van der Waals surface area contributed by atoms with Gasteiger partial charge in [0.15, 0.2) is 0 Å². The van der Waals surface area contributed by atoms with Crippen molar-refractivity contribution >= 4 is 21.9 Å². The first-order valence-electron chi connectivity index (χ1n) is 6.15. The smallest absolute Gasteiger partial charge is 0.339 e. The first-order chi connectivity index (χ1) is 9.82. The highest BCUT2D eigenvalue weighted by atomic mass is 32.2. The lowest BCUT2D eigenvalue weighted by molar-refractivity contribution is -0.120. The SMILES string of the molecule is O=C1CN(S(=O)(=O)c2ccc(O)c(C(=O)O)c2)CCCN1. The van der Waals surface area contributed by atoms with Crippen LogP contribution in [0.15, 0.2) is 23.1 Å². The van der Waals surface area contributed by atoms with Crippen LogP contribution >= 0.6 is 0 Å². The van der Waals surface area contributed by atoms with Gasteiger partial charge in [-0.25, -0.2) is 13.2 Å². The van der Waals surface area contributed by atoms with Crippen LogP contribution in [0.2, 0.25) is 0 Å². The number of nitrogens with zero attached hydrogens (tertiary/aromatic N) is 1. The molecular formula is C12H14N2O6S. The van der Waals surface area contributed by atoms with Crippen molar-refractivity contribution in [2.45, 2.75) is 11.3 Å². The normalized spacial score (nSPS) is 17.0. The number of phenols is 1. The van der Waals surface area contributed by atoms with Crippen molar-refractivity contribution in [2.75, 3.05) is 19.6 Å². The molecule has 8 nitrogen and oxygen atoms in total. The predicted molar refractivity (Wildman–Crippen MR) is 71.5 cm³/mol. The van der Waals surface area contributed by atoms with Crippen LogP contribution in [-0.4, -0.2) is 54.4 Å². The van der Waals surface area contributed by atoms with Gasteiger partial charge in [-0.3, -0.25) is 4.79 Å². The Morgan fingerprint density at radius 3 is 2.71 bits per heavy atom. The lowest BCUT2D eigenvalue weighted by Gasteiger charge is -2.19. The highest BCUT2D eigenvalue weighted by Crippen LogP contribution is 2.24. The van der Waals surface area contributed by atoms with Crippen molar-refractivity contribution < 1.29 is 28.2 Å². The quantitative estimate of drug-likeness (QED) is 0.697. The van der Waals surface area contributed by atoms with E-state index in [0.717, 1.165) is 22.5 Å². The number of hydrogen-bond donors (Lipinski definition) is 3. The van der Waals surface area contributed by atoms with Crippen LogP contribution < -0.4 is 5.32 Å². The minimum absolute atomic E-state index is 0.157. The van der Waals surface area contributed by atoms with Crippen LogP contribution in [0, 0.1) is 0 Å². The van der Waals surface area contributed by atoms with Gasteiger partial charge in [-0.15, -0.1) is 0 Å². The van der Waals surface area contributed by atoms with E-state index in [-0.39, 0.29) is 18.0 Å². The molecule has 0 unspecified atom stereocenters. The fourth-order valence-electron chi connectivity index (χ4n) is 1.98. The highest BCUT2D eigenvalue weighted by molar-refractivity contribution is 7.89. The van der Waals surface area contributed by atoms with Crippen LogP contribution in [0.3, 0.4) is 0 Å². The van der Waals surface area contributed by atoms with Crippen LogP contribution in [0.25, 0.3) is 0 Å². The molecule has 1 saturated heterocycles. The number of carbonyl (C=O) groups is 2. The Kier molecular flexibility index (Phi) is 4.14. The molecule has 1 heterocycles. The number of amides is 1. The van der Waals surface area contributed by atoms with Crippen molar-refractivity contribution in [3.05, 3.63) is 23.8 Å². The molecule has 0 atom stereocenters. The van der Waals surface area contributed by atoms with Crippen molar-refractivity contribution in [3.63, 3.8) is 0 Å². The van der Waals surface area contributed by atoms with Gasteiger partial charge in [-0.1, -0.05) is 0 Å². The number of carboxylic acid groups (broad SMARTS) is 1. The Balaban J connectivity index is 2.41. The van der Waals surface area contributed by atoms with Crippen LogP contribution in [-0.2, 0) is 14.8 Å². The van der Waals surface area contributed by atoms with E-state index in [9.17, 15) is 23.1 Å². The molecule has 0 radical (unpaired) electrons. The Morgan fingerprint density at radius 2 is 2.05 bits per heavy atom. The van der Waals surface area contributed by atoms with Gasteiger partial charge < -0.3 is 15.5 Å². The fraction of sp³-hybridized carbons (Fsp3) is 0.333. The maximum absolute atomic E-state index is 12.4. The van der Waals surface area contributed by atoms with E-state index in [1.165, 1.54) is 0 Å². The number of sulfonamides is 1. The van der Waals surface area contributed by atoms with Crippen molar-refractivity contribution in [2.24, 2.45) is 0 Å². The Bertz CT molecular complexity index is 685. The fourth-order valence-corrected chi connectivity index (χ4v) is 3.44. The Morgan fingerprint density at radius 1 is 1.33 bits per heavy atom. The van der Waals surface area contributed by atoms with Gasteiger partial charge in [0.1, 0.15) is 11.3 Å². The lowest BCUT2D eigenvalue weighted by Crippen LogP contribution is -2.37. The minimum atomic E-state index is -3.99. The summed E-state index contributed by atoms with van der Waals surface area (Å²) in [6.45, 7) is 0.233. The minimum Gasteiger partial charge on any atom is -0.507 e. The van der Waals surface area contributed by atoms with E-state index in [1.54, 1.807) is 0 Å². The topological polar surface area (TPSA) is 124 Å². The molecule has 9 heteroatoms. The molecule has 1 aliphatic rings. The van der Waals surface area contributed by atoms with Gasteiger partial charge in [0.25, 0.3) is 0 Å². The van der Waals surface area contributed by atoms with Gasteiger partial charge in [-0.2, -0.15) is 4.31 Å². The second kappa shape index (κ2) is 5.70. The number of benzene rings is 1. The Hall–Kier alpha value is -2.13. The molecule has 0 aromatic heterocycles. The molecule has 21 heavy (non-hydrogen) atoms. The summed E-state index contributed by atoms with van der Waals surface area (Å²) in [6.07, 6.45) is 0.467. The average Bonchev–Trinajstić information content (AvgIpc) is 2.63. The maximum Gasteiger partial charge on any atom is 0.339 e. The molecule has 0 aliphatic carbocycles. The highest BCUT2D eigenvalue weighted by Gasteiger charge is 2.29. The van der Waals surface area contributed by atoms with Crippen molar-refractivity contribution in [1.29, 1.82) is 0 Å². The van der Waals surface area contributed by atoms with Crippen molar-refractivity contribution in [3.8, 4) is 5.75 Å². The molecule has 1 amide bonds. The largest absolute Gasteiger partial charge is 0.507 e. The summed E-state index contributed by atoms with van der Waals surface area (Å²) in [7, 11) is -3.99. The number of aromatic carboxylic acids is 1. The first-order valence-corrected chi connectivity index (χ1v) is 7.59. The van der Waals surface area contributed by atoms with Gasteiger partial charge in [0.2, 0.25) is 15.9 Å². The molecule has 0 spiro atoms. The molecule has 2 rings (SSSR count). The molecular weight excluding hydrogens is 300 g/mol. The Labute approximate surface area is 121 Å². The molecule has 0 bridgehead atoms. The number of carbonyl (C=O) groups excluding carboxylic acids is 1. The zero-order valence-electron chi connectivity index (χ0n) is 10.9. The van der Waals surface area contributed by atoms with Gasteiger partial charge in [0.05, 0.1) is 11.4 Å². The summed E-state index contributed by atoms with van der Waals surface area (Å²) in [4.78, 5) is 22.1. The van der Waals surface area contributed by atoms with Gasteiger partial charge in [-0.05, 0) is 24.6 Å².